The van der Waals surface area contributed by atoms with Gasteiger partial charge in [0.2, 0.25) is 5.95 Å². The number of para-hydroxylation sites is 1. The number of nitrogens with one attached hydrogen (secondary N) is 1. The van der Waals surface area contributed by atoms with Gasteiger partial charge in [-0.1, -0.05) is 18.2 Å². The van der Waals surface area contributed by atoms with Crippen LogP contribution in [0.15, 0.2) is 42.5 Å². The number of hydrogen-bond acceptors (Lipinski definition) is 7. The number of ether oxygens (including phenoxy) is 3. The highest BCUT2D eigenvalue weighted by atomic mass is 16.5. The molecule has 7 nitrogen and oxygen atoms in total. The number of hydrogen-bond donors (Lipinski definition) is 2. The summed E-state index contributed by atoms with van der Waals surface area (Å²) in [5.41, 5.74) is 6.73. The van der Waals surface area contributed by atoms with Gasteiger partial charge >= 0.3 is 0 Å². The first kappa shape index (κ1) is 16.6. The third kappa shape index (κ3) is 3.82. The van der Waals surface area contributed by atoms with Crippen molar-refractivity contribution in [1.82, 2.24) is 9.97 Å². The lowest BCUT2D eigenvalue weighted by Crippen LogP contribution is -2.14. The van der Waals surface area contributed by atoms with Crippen molar-refractivity contribution in [2.75, 3.05) is 38.4 Å². The van der Waals surface area contributed by atoms with E-state index in [1.165, 1.54) is 0 Å². The number of nitrogen functional groups attached to an aromatic ring is 1. The Hall–Kier alpha value is -3.22. The Balaban J connectivity index is 1.71. The summed E-state index contributed by atoms with van der Waals surface area (Å²) in [6.07, 6.45) is 0. The first-order valence-electron chi connectivity index (χ1n) is 7.82. The molecule has 0 saturated heterocycles. The minimum Gasteiger partial charge on any atom is -0.493 e. The first-order chi connectivity index (χ1) is 12.2. The molecule has 1 aromatic heterocycles. The lowest BCUT2D eigenvalue weighted by Gasteiger charge is -2.12. The van der Waals surface area contributed by atoms with Gasteiger partial charge in [0.15, 0.2) is 11.5 Å². The van der Waals surface area contributed by atoms with E-state index in [2.05, 4.69) is 15.3 Å². The molecule has 3 aromatic rings. The Morgan fingerprint density at radius 1 is 1.00 bits per heavy atom. The van der Waals surface area contributed by atoms with E-state index < -0.39 is 0 Å². The Kier molecular flexibility index (Phi) is 5.03. The molecule has 3 rings (SSSR count). The van der Waals surface area contributed by atoms with Gasteiger partial charge in [-0.3, -0.25) is 0 Å². The lowest BCUT2D eigenvalue weighted by atomic mass is 10.2. The molecule has 0 fully saturated rings. The molecule has 0 aliphatic carbocycles. The number of methoxy groups -OCH3 is 2. The fourth-order valence-corrected chi connectivity index (χ4v) is 2.41. The van der Waals surface area contributed by atoms with Crippen molar-refractivity contribution < 1.29 is 14.2 Å². The van der Waals surface area contributed by atoms with Crippen LogP contribution < -0.4 is 25.3 Å². The molecular formula is C18H20N4O3. The molecular weight excluding hydrogens is 320 g/mol. The summed E-state index contributed by atoms with van der Waals surface area (Å²) in [5.74, 6) is 2.81. The van der Waals surface area contributed by atoms with Gasteiger partial charge in [0, 0.05) is 11.5 Å². The predicted octanol–water partition coefficient (Wildman–Crippen LogP) is 2.72. The topological polar surface area (TPSA) is 91.5 Å². The maximum Gasteiger partial charge on any atom is 0.225 e. The average molecular weight is 340 g/mol. The summed E-state index contributed by atoms with van der Waals surface area (Å²) in [4.78, 5) is 8.75. The van der Waals surface area contributed by atoms with E-state index in [0.717, 1.165) is 5.75 Å². The van der Waals surface area contributed by atoms with E-state index in [-0.39, 0.29) is 0 Å². The molecule has 0 bridgehead atoms. The van der Waals surface area contributed by atoms with Gasteiger partial charge in [-0.2, -0.15) is 4.98 Å². The fourth-order valence-electron chi connectivity index (χ4n) is 2.41. The highest BCUT2D eigenvalue weighted by molar-refractivity contribution is 5.91. The Morgan fingerprint density at radius 3 is 2.44 bits per heavy atom. The Morgan fingerprint density at radius 2 is 1.72 bits per heavy atom. The summed E-state index contributed by atoms with van der Waals surface area (Å²) in [6, 6.07) is 13.2. The summed E-state index contributed by atoms with van der Waals surface area (Å²) in [7, 11) is 3.15. The van der Waals surface area contributed by atoms with Crippen molar-refractivity contribution in [3.8, 4) is 17.2 Å². The van der Waals surface area contributed by atoms with Gasteiger partial charge in [-0.25, -0.2) is 4.98 Å². The molecule has 0 spiro atoms. The summed E-state index contributed by atoms with van der Waals surface area (Å²) < 4.78 is 16.2. The van der Waals surface area contributed by atoms with E-state index in [4.69, 9.17) is 19.9 Å². The smallest absolute Gasteiger partial charge is 0.225 e. The van der Waals surface area contributed by atoms with Gasteiger partial charge in [0.1, 0.15) is 18.2 Å². The van der Waals surface area contributed by atoms with Crippen LogP contribution >= 0.6 is 0 Å². The molecule has 0 amide bonds. The number of fused-ring (bicyclic) bond motifs is 1. The SMILES string of the molecule is COc1cc2nc(NCCOc3ccccc3)nc(N)c2cc1OC. The molecule has 0 radical (unpaired) electrons. The molecule has 130 valence electrons. The zero-order valence-corrected chi connectivity index (χ0v) is 14.2. The number of rotatable bonds is 7. The Labute approximate surface area is 145 Å². The van der Waals surface area contributed by atoms with Crippen LogP contribution in [0.2, 0.25) is 0 Å². The molecule has 25 heavy (non-hydrogen) atoms. The Bertz CT molecular complexity index is 856. The summed E-state index contributed by atoms with van der Waals surface area (Å²) in [6.45, 7) is 1.03. The second kappa shape index (κ2) is 7.57. The quantitative estimate of drug-likeness (QED) is 0.639. The van der Waals surface area contributed by atoms with Crippen LogP contribution in [0.1, 0.15) is 0 Å². The van der Waals surface area contributed by atoms with Crippen molar-refractivity contribution in [1.29, 1.82) is 0 Å². The molecule has 0 aliphatic heterocycles. The van der Waals surface area contributed by atoms with Crippen molar-refractivity contribution in [2.24, 2.45) is 0 Å². The van der Waals surface area contributed by atoms with Crippen LogP contribution in [-0.4, -0.2) is 37.3 Å². The normalized spacial score (nSPS) is 10.5. The standard InChI is InChI=1S/C18H20N4O3/c1-23-15-10-13-14(11-16(15)24-2)21-18(22-17(13)19)20-8-9-25-12-6-4-3-5-7-12/h3-7,10-11H,8-9H2,1-2H3,(H3,19,20,21,22). The third-order valence-corrected chi connectivity index (χ3v) is 3.63. The zero-order valence-electron chi connectivity index (χ0n) is 14.2. The fraction of sp³-hybridized carbons (Fsp3) is 0.222. The number of benzene rings is 2. The monoisotopic (exact) mass is 340 g/mol. The minimum atomic E-state index is 0.373. The van der Waals surface area contributed by atoms with E-state index in [1.807, 2.05) is 30.3 Å². The van der Waals surface area contributed by atoms with Gasteiger partial charge in [-0.05, 0) is 18.2 Å². The van der Waals surface area contributed by atoms with Gasteiger partial charge in [0.05, 0.1) is 26.3 Å². The number of aromatic nitrogens is 2. The number of nitrogens with zero attached hydrogens (tertiary/aromatic N) is 2. The van der Waals surface area contributed by atoms with Gasteiger partial charge < -0.3 is 25.3 Å². The van der Waals surface area contributed by atoms with Crippen molar-refractivity contribution in [2.45, 2.75) is 0 Å². The molecule has 3 N–H and O–H groups in total. The summed E-state index contributed by atoms with van der Waals surface area (Å²) >= 11 is 0. The summed E-state index contributed by atoms with van der Waals surface area (Å²) in [5, 5.41) is 3.83. The zero-order chi connectivity index (χ0) is 17.6. The van der Waals surface area contributed by atoms with E-state index in [0.29, 0.717) is 47.3 Å². The van der Waals surface area contributed by atoms with Crippen molar-refractivity contribution in [3.63, 3.8) is 0 Å². The maximum absolute atomic E-state index is 6.05. The molecule has 0 aliphatic rings. The molecule has 0 saturated carbocycles. The molecule has 2 aromatic carbocycles. The molecule has 0 unspecified atom stereocenters. The molecule has 0 atom stereocenters. The van der Waals surface area contributed by atoms with Crippen molar-refractivity contribution >= 4 is 22.7 Å². The first-order valence-corrected chi connectivity index (χ1v) is 7.82. The van der Waals surface area contributed by atoms with Crippen LogP contribution in [0.5, 0.6) is 17.2 Å². The van der Waals surface area contributed by atoms with Crippen LogP contribution in [0.3, 0.4) is 0 Å². The van der Waals surface area contributed by atoms with E-state index in [1.54, 1.807) is 26.4 Å². The highest BCUT2D eigenvalue weighted by Gasteiger charge is 2.11. The van der Waals surface area contributed by atoms with E-state index in [9.17, 15) is 0 Å². The highest BCUT2D eigenvalue weighted by Crippen LogP contribution is 2.33. The average Bonchev–Trinajstić information content (AvgIpc) is 2.65. The van der Waals surface area contributed by atoms with Gasteiger partial charge in [-0.15, -0.1) is 0 Å². The minimum absolute atomic E-state index is 0.373. The van der Waals surface area contributed by atoms with Gasteiger partial charge in [0.25, 0.3) is 0 Å². The molecule has 1 heterocycles. The van der Waals surface area contributed by atoms with Crippen LogP contribution in [-0.2, 0) is 0 Å². The number of anilines is 2. The predicted molar refractivity (Wildman–Crippen MR) is 97.5 cm³/mol. The lowest BCUT2D eigenvalue weighted by molar-refractivity contribution is 0.332. The third-order valence-electron chi connectivity index (χ3n) is 3.63. The van der Waals surface area contributed by atoms with E-state index >= 15 is 0 Å². The second-order valence-electron chi connectivity index (χ2n) is 5.25. The van der Waals surface area contributed by atoms with Crippen LogP contribution in [0.25, 0.3) is 10.9 Å². The van der Waals surface area contributed by atoms with Crippen LogP contribution in [0, 0.1) is 0 Å². The second-order valence-corrected chi connectivity index (χ2v) is 5.25. The van der Waals surface area contributed by atoms with Crippen LogP contribution in [0.4, 0.5) is 11.8 Å². The number of nitrogens with two attached hydrogens (primary N) is 1. The largest absolute Gasteiger partial charge is 0.493 e. The van der Waals surface area contributed by atoms with Crippen molar-refractivity contribution in [3.05, 3.63) is 42.5 Å². The molecule has 7 heteroatoms. The maximum atomic E-state index is 6.05.